The van der Waals surface area contributed by atoms with Crippen LogP contribution in [0.2, 0.25) is 0 Å². The molecule has 1 saturated heterocycles. The van der Waals surface area contributed by atoms with E-state index in [0.717, 1.165) is 25.7 Å². The maximum Gasteiger partial charge on any atom is 0.211 e. The van der Waals surface area contributed by atoms with E-state index in [1.807, 2.05) is 0 Å². The minimum atomic E-state index is -3.04. The van der Waals surface area contributed by atoms with Crippen LogP contribution in [0.4, 0.5) is 0 Å². The van der Waals surface area contributed by atoms with Crippen molar-refractivity contribution >= 4 is 10.0 Å². The fraction of sp³-hybridized carbons (Fsp3) is 0.867. The Morgan fingerprint density at radius 3 is 2.85 bits per heavy atom. The molecule has 1 aliphatic heterocycles. The summed E-state index contributed by atoms with van der Waals surface area (Å²) in [6.07, 6.45) is 12.7. The summed E-state index contributed by atoms with van der Waals surface area (Å²) < 4.78 is 24.9. The van der Waals surface area contributed by atoms with Gasteiger partial charge in [0.2, 0.25) is 10.0 Å². The molecule has 0 aromatic rings. The zero-order chi connectivity index (χ0) is 14.6. The number of sulfonamides is 1. The second-order valence-electron chi connectivity index (χ2n) is 6.44. The molecule has 2 N–H and O–H groups in total. The van der Waals surface area contributed by atoms with Crippen LogP contribution in [0.5, 0.6) is 0 Å². The van der Waals surface area contributed by atoms with Crippen LogP contribution in [-0.4, -0.2) is 38.1 Å². The molecule has 1 heterocycles. The normalized spacial score (nSPS) is 27.1. The van der Waals surface area contributed by atoms with Crippen LogP contribution in [0.1, 0.15) is 51.4 Å². The Labute approximate surface area is 123 Å². The van der Waals surface area contributed by atoms with E-state index in [-0.39, 0.29) is 6.04 Å². The van der Waals surface area contributed by atoms with E-state index < -0.39 is 10.0 Å². The second kappa shape index (κ2) is 7.05. The molecule has 2 aliphatic rings. The van der Waals surface area contributed by atoms with Gasteiger partial charge in [-0.3, -0.25) is 0 Å². The first kappa shape index (κ1) is 16.0. The summed E-state index contributed by atoms with van der Waals surface area (Å²) in [6, 6.07) is 0.184. The third-order valence-corrected chi connectivity index (χ3v) is 5.77. The standard InChI is InChI=1S/C15H28N2O2S/c1-20(18,19)17-9-5-8-14(12-17)11-15(16)10-13-6-3-2-4-7-13/h6,14-15H,2-5,7-12,16H2,1H3. The third kappa shape index (κ3) is 4.86. The van der Waals surface area contributed by atoms with Crippen molar-refractivity contribution in [3.8, 4) is 0 Å². The molecular weight excluding hydrogens is 272 g/mol. The lowest BCUT2D eigenvalue weighted by atomic mass is 9.88. The van der Waals surface area contributed by atoms with Gasteiger partial charge in [0.15, 0.2) is 0 Å². The second-order valence-corrected chi connectivity index (χ2v) is 8.42. The molecule has 2 rings (SSSR count). The van der Waals surface area contributed by atoms with Crippen molar-refractivity contribution in [3.05, 3.63) is 11.6 Å². The van der Waals surface area contributed by atoms with Gasteiger partial charge in [0.25, 0.3) is 0 Å². The molecule has 0 aromatic heterocycles. The Morgan fingerprint density at radius 1 is 1.40 bits per heavy atom. The largest absolute Gasteiger partial charge is 0.327 e. The van der Waals surface area contributed by atoms with Crippen molar-refractivity contribution in [2.24, 2.45) is 11.7 Å². The maximum absolute atomic E-state index is 11.6. The Bertz CT molecular complexity index is 445. The van der Waals surface area contributed by atoms with Gasteiger partial charge in [-0.25, -0.2) is 12.7 Å². The van der Waals surface area contributed by atoms with Crippen LogP contribution in [0.3, 0.4) is 0 Å². The predicted molar refractivity (Wildman–Crippen MR) is 82.9 cm³/mol. The van der Waals surface area contributed by atoms with Crippen molar-refractivity contribution in [1.82, 2.24) is 4.31 Å². The lowest BCUT2D eigenvalue weighted by molar-refractivity contribution is 0.246. The van der Waals surface area contributed by atoms with E-state index in [4.69, 9.17) is 5.73 Å². The van der Waals surface area contributed by atoms with Crippen LogP contribution in [0.25, 0.3) is 0 Å². The Kier molecular flexibility index (Phi) is 5.64. The highest BCUT2D eigenvalue weighted by Crippen LogP contribution is 2.26. The third-order valence-electron chi connectivity index (χ3n) is 4.50. The molecule has 0 radical (unpaired) electrons. The van der Waals surface area contributed by atoms with Gasteiger partial charge in [-0.2, -0.15) is 0 Å². The fourth-order valence-corrected chi connectivity index (χ4v) is 4.40. The molecule has 1 fully saturated rings. The van der Waals surface area contributed by atoms with E-state index in [2.05, 4.69) is 6.08 Å². The van der Waals surface area contributed by atoms with Crippen molar-refractivity contribution < 1.29 is 8.42 Å². The smallest absolute Gasteiger partial charge is 0.211 e. The Hall–Kier alpha value is -0.390. The van der Waals surface area contributed by atoms with Gasteiger partial charge in [0.1, 0.15) is 0 Å². The predicted octanol–water partition coefficient (Wildman–Crippen LogP) is 2.27. The maximum atomic E-state index is 11.6. The molecule has 5 heteroatoms. The Balaban J connectivity index is 1.81. The summed E-state index contributed by atoms with van der Waals surface area (Å²) in [5.41, 5.74) is 7.79. The van der Waals surface area contributed by atoms with Gasteiger partial charge < -0.3 is 5.73 Å². The average molecular weight is 300 g/mol. The number of piperidine rings is 1. The molecule has 0 amide bonds. The van der Waals surface area contributed by atoms with Gasteiger partial charge in [0.05, 0.1) is 6.26 Å². The molecule has 4 nitrogen and oxygen atoms in total. The summed E-state index contributed by atoms with van der Waals surface area (Å²) in [5, 5.41) is 0. The minimum Gasteiger partial charge on any atom is -0.327 e. The number of hydrogen-bond acceptors (Lipinski definition) is 3. The zero-order valence-electron chi connectivity index (χ0n) is 12.6. The molecule has 116 valence electrons. The van der Waals surface area contributed by atoms with Crippen molar-refractivity contribution in [1.29, 1.82) is 0 Å². The summed E-state index contributed by atoms with van der Waals surface area (Å²) in [6.45, 7) is 1.33. The van der Waals surface area contributed by atoms with E-state index >= 15 is 0 Å². The zero-order valence-corrected chi connectivity index (χ0v) is 13.4. The van der Waals surface area contributed by atoms with Crippen molar-refractivity contribution in [2.75, 3.05) is 19.3 Å². The number of hydrogen-bond donors (Lipinski definition) is 1. The first-order valence-corrected chi connectivity index (χ1v) is 9.68. The van der Waals surface area contributed by atoms with Crippen LogP contribution < -0.4 is 5.73 Å². The van der Waals surface area contributed by atoms with Gasteiger partial charge >= 0.3 is 0 Å². The van der Waals surface area contributed by atoms with Crippen molar-refractivity contribution in [2.45, 2.75) is 57.4 Å². The van der Waals surface area contributed by atoms with E-state index in [1.54, 1.807) is 4.31 Å². The van der Waals surface area contributed by atoms with E-state index in [0.29, 0.717) is 19.0 Å². The topological polar surface area (TPSA) is 63.4 Å². The van der Waals surface area contributed by atoms with Crippen LogP contribution >= 0.6 is 0 Å². The molecule has 1 aliphatic carbocycles. The molecule has 2 atom stereocenters. The average Bonchev–Trinajstić information content (AvgIpc) is 2.39. The highest BCUT2D eigenvalue weighted by molar-refractivity contribution is 7.88. The summed E-state index contributed by atoms with van der Waals surface area (Å²) >= 11 is 0. The molecular formula is C15H28N2O2S. The number of nitrogens with zero attached hydrogens (tertiary/aromatic N) is 1. The molecule has 0 bridgehead atoms. The quantitative estimate of drug-likeness (QED) is 0.792. The lowest BCUT2D eigenvalue weighted by Crippen LogP contribution is -2.41. The van der Waals surface area contributed by atoms with Gasteiger partial charge in [-0.1, -0.05) is 11.6 Å². The van der Waals surface area contributed by atoms with Crippen LogP contribution in [-0.2, 0) is 10.0 Å². The summed E-state index contributed by atoms with van der Waals surface area (Å²) in [5.74, 6) is 0.428. The number of allylic oxidation sites excluding steroid dienone is 1. The number of nitrogens with two attached hydrogens (primary N) is 1. The Morgan fingerprint density at radius 2 is 2.20 bits per heavy atom. The monoisotopic (exact) mass is 300 g/mol. The number of rotatable bonds is 5. The van der Waals surface area contributed by atoms with E-state index in [9.17, 15) is 8.42 Å². The first-order chi connectivity index (χ1) is 9.45. The van der Waals surface area contributed by atoms with Crippen LogP contribution in [0.15, 0.2) is 11.6 Å². The molecule has 0 saturated carbocycles. The molecule has 20 heavy (non-hydrogen) atoms. The minimum absolute atomic E-state index is 0.184. The highest BCUT2D eigenvalue weighted by Gasteiger charge is 2.27. The van der Waals surface area contributed by atoms with Gasteiger partial charge in [0, 0.05) is 19.1 Å². The van der Waals surface area contributed by atoms with Gasteiger partial charge in [-0.15, -0.1) is 0 Å². The molecule has 0 aromatic carbocycles. The lowest BCUT2D eigenvalue weighted by Gasteiger charge is -2.32. The van der Waals surface area contributed by atoms with Crippen molar-refractivity contribution in [3.63, 3.8) is 0 Å². The summed E-state index contributed by atoms with van der Waals surface area (Å²) in [7, 11) is -3.04. The SMILES string of the molecule is CS(=O)(=O)N1CCCC(CC(N)CC2=CCCCC2)C1. The molecule has 2 unspecified atom stereocenters. The van der Waals surface area contributed by atoms with Gasteiger partial charge in [-0.05, 0) is 57.3 Å². The van der Waals surface area contributed by atoms with E-state index in [1.165, 1.54) is 37.5 Å². The highest BCUT2D eigenvalue weighted by atomic mass is 32.2. The fourth-order valence-electron chi connectivity index (χ4n) is 3.46. The summed E-state index contributed by atoms with van der Waals surface area (Å²) in [4.78, 5) is 0. The molecule has 0 spiro atoms. The first-order valence-electron chi connectivity index (χ1n) is 7.84. The van der Waals surface area contributed by atoms with Crippen LogP contribution in [0, 0.1) is 5.92 Å².